The lowest BCUT2D eigenvalue weighted by atomic mass is 10.0. The number of nitriles is 1. The van der Waals surface area contributed by atoms with E-state index in [9.17, 15) is 9.50 Å². The third-order valence-corrected chi connectivity index (χ3v) is 1.72. The third-order valence-electron chi connectivity index (χ3n) is 1.72. The first-order valence-electron chi connectivity index (χ1n) is 3.73. The van der Waals surface area contributed by atoms with Gasteiger partial charge in [-0.05, 0) is 18.2 Å². The van der Waals surface area contributed by atoms with Gasteiger partial charge in [0.2, 0.25) is 0 Å². The number of benzene rings is 1. The van der Waals surface area contributed by atoms with Crippen molar-refractivity contribution in [3.05, 3.63) is 29.3 Å². The van der Waals surface area contributed by atoms with E-state index >= 15 is 0 Å². The zero-order valence-corrected chi connectivity index (χ0v) is 6.87. The lowest BCUT2D eigenvalue weighted by molar-refractivity contribution is 0.414. The summed E-state index contributed by atoms with van der Waals surface area (Å²) in [6, 6.07) is 5.19. The monoisotopic (exact) mass is 180 g/mol. The molecule has 0 saturated carbocycles. The van der Waals surface area contributed by atoms with Crippen LogP contribution < -0.4 is 5.73 Å². The molecule has 0 amide bonds. The third kappa shape index (κ3) is 1.95. The molecule has 0 aliphatic heterocycles. The molecule has 1 aromatic rings. The van der Waals surface area contributed by atoms with E-state index in [2.05, 4.69) is 0 Å². The first-order chi connectivity index (χ1) is 6.19. The van der Waals surface area contributed by atoms with Crippen molar-refractivity contribution >= 4 is 0 Å². The van der Waals surface area contributed by atoms with Crippen LogP contribution in [0.5, 0.6) is 5.75 Å². The van der Waals surface area contributed by atoms with E-state index in [1.165, 1.54) is 18.2 Å². The van der Waals surface area contributed by atoms with Crippen LogP contribution in [0.25, 0.3) is 0 Å². The molecule has 0 saturated heterocycles. The summed E-state index contributed by atoms with van der Waals surface area (Å²) in [6.07, 6.45) is 0. The number of rotatable bonds is 2. The molecule has 0 aliphatic rings. The van der Waals surface area contributed by atoms with Crippen LogP contribution in [0.2, 0.25) is 0 Å². The topological polar surface area (TPSA) is 70.0 Å². The van der Waals surface area contributed by atoms with Gasteiger partial charge in [-0.2, -0.15) is 5.26 Å². The van der Waals surface area contributed by atoms with E-state index in [4.69, 9.17) is 11.0 Å². The number of phenolic OH excluding ortho intramolecular Hbond substituents is 1. The van der Waals surface area contributed by atoms with Gasteiger partial charge in [0.15, 0.2) is 0 Å². The minimum atomic E-state index is -0.867. The van der Waals surface area contributed by atoms with Crippen molar-refractivity contribution in [1.82, 2.24) is 0 Å². The number of halogens is 1. The number of nitrogens with zero attached hydrogens (tertiary/aromatic N) is 1. The SMILES string of the molecule is N#Cc1ccc(O)c([C@@H](N)CF)c1. The highest BCUT2D eigenvalue weighted by Crippen LogP contribution is 2.23. The van der Waals surface area contributed by atoms with Crippen molar-refractivity contribution in [3.63, 3.8) is 0 Å². The molecule has 0 aromatic heterocycles. The lowest BCUT2D eigenvalue weighted by Crippen LogP contribution is -2.12. The predicted octanol–water partition coefficient (Wildman–Crippen LogP) is 1.23. The van der Waals surface area contributed by atoms with E-state index in [1.807, 2.05) is 6.07 Å². The maximum Gasteiger partial charge on any atom is 0.120 e. The van der Waals surface area contributed by atoms with E-state index in [1.54, 1.807) is 0 Å². The molecule has 0 heterocycles. The second kappa shape index (κ2) is 3.87. The van der Waals surface area contributed by atoms with Crippen molar-refractivity contribution in [2.45, 2.75) is 6.04 Å². The van der Waals surface area contributed by atoms with Gasteiger partial charge in [-0.25, -0.2) is 4.39 Å². The maximum absolute atomic E-state index is 12.2. The van der Waals surface area contributed by atoms with Crippen molar-refractivity contribution in [3.8, 4) is 11.8 Å². The Bertz CT molecular complexity index is 346. The highest BCUT2D eigenvalue weighted by molar-refractivity contribution is 5.42. The number of nitrogens with two attached hydrogens (primary N) is 1. The number of hydrogen-bond donors (Lipinski definition) is 2. The molecule has 0 bridgehead atoms. The summed E-state index contributed by atoms with van der Waals surface area (Å²) < 4.78 is 12.2. The van der Waals surface area contributed by atoms with Crippen LogP contribution in [0.4, 0.5) is 4.39 Å². The van der Waals surface area contributed by atoms with Gasteiger partial charge < -0.3 is 10.8 Å². The molecular formula is C9H9FN2O. The van der Waals surface area contributed by atoms with Crippen molar-refractivity contribution in [2.75, 3.05) is 6.67 Å². The normalized spacial score (nSPS) is 12.1. The largest absolute Gasteiger partial charge is 0.508 e. The second-order valence-corrected chi connectivity index (χ2v) is 2.65. The molecule has 1 atom stereocenters. The summed E-state index contributed by atoms with van der Waals surface area (Å²) >= 11 is 0. The molecular weight excluding hydrogens is 171 g/mol. The van der Waals surface area contributed by atoms with Crippen LogP contribution >= 0.6 is 0 Å². The minimum Gasteiger partial charge on any atom is -0.508 e. The quantitative estimate of drug-likeness (QED) is 0.719. The molecule has 0 aliphatic carbocycles. The highest BCUT2D eigenvalue weighted by Gasteiger charge is 2.10. The van der Waals surface area contributed by atoms with Gasteiger partial charge >= 0.3 is 0 Å². The van der Waals surface area contributed by atoms with Crippen molar-refractivity contribution in [1.29, 1.82) is 5.26 Å². The van der Waals surface area contributed by atoms with Gasteiger partial charge in [0.1, 0.15) is 12.4 Å². The molecule has 1 aromatic carbocycles. The molecule has 0 fully saturated rings. The van der Waals surface area contributed by atoms with E-state index in [0.29, 0.717) is 5.56 Å². The Hall–Kier alpha value is -1.60. The fraction of sp³-hybridized carbons (Fsp3) is 0.222. The fourth-order valence-electron chi connectivity index (χ4n) is 1.00. The highest BCUT2D eigenvalue weighted by atomic mass is 19.1. The number of hydrogen-bond acceptors (Lipinski definition) is 3. The molecule has 0 spiro atoms. The van der Waals surface area contributed by atoms with Gasteiger partial charge in [-0.1, -0.05) is 0 Å². The molecule has 3 N–H and O–H groups in total. The number of alkyl halides is 1. The predicted molar refractivity (Wildman–Crippen MR) is 45.7 cm³/mol. The average Bonchev–Trinajstić information content (AvgIpc) is 2.17. The van der Waals surface area contributed by atoms with Gasteiger partial charge in [-0.15, -0.1) is 0 Å². The van der Waals surface area contributed by atoms with Crippen LogP contribution in [0.1, 0.15) is 17.2 Å². The Morgan fingerprint density at radius 3 is 2.85 bits per heavy atom. The summed E-state index contributed by atoms with van der Waals surface area (Å²) in [5.41, 5.74) is 6.00. The summed E-state index contributed by atoms with van der Waals surface area (Å²) in [4.78, 5) is 0. The van der Waals surface area contributed by atoms with E-state index < -0.39 is 12.7 Å². The second-order valence-electron chi connectivity index (χ2n) is 2.65. The van der Waals surface area contributed by atoms with Crippen LogP contribution in [0, 0.1) is 11.3 Å². The average molecular weight is 180 g/mol. The Morgan fingerprint density at radius 1 is 1.62 bits per heavy atom. The maximum atomic E-state index is 12.2. The zero-order valence-electron chi connectivity index (χ0n) is 6.87. The summed E-state index contributed by atoms with van der Waals surface area (Å²) in [5, 5.41) is 17.8. The Kier molecular flexibility index (Phi) is 2.83. The number of phenols is 1. The molecule has 4 heteroatoms. The van der Waals surface area contributed by atoms with Crippen molar-refractivity contribution in [2.24, 2.45) is 5.73 Å². The first kappa shape index (κ1) is 9.49. The van der Waals surface area contributed by atoms with Gasteiger partial charge in [-0.3, -0.25) is 0 Å². The van der Waals surface area contributed by atoms with Gasteiger partial charge in [0, 0.05) is 5.56 Å². The van der Waals surface area contributed by atoms with Crippen molar-refractivity contribution < 1.29 is 9.50 Å². The summed E-state index contributed by atoms with van der Waals surface area (Å²) in [7, 11) is 0. The van der Waals surface area contributed by atoms with Gasteiger partial charge in [0.25, 0.3) is 0 Å². The minimum absolute atomic E-state index is 0.0795. The fourth-order valence-corrected chi connectivity index (χ4v) is 1.00. The van der Waals surface area contributed by atoms with Crippen LogP contribution in [-0.4, -0.2) is 11.8 Å². The van der Waals surface area contributed by atoms with Gasteiger partial charge in [0.05, 0.1) is 17.7 Å². The standard InChI is InChI=1S/C9H9FN2O/c10-4-8(12)7-3-6(5-11)1-2-9(7)13/h1-3,8,13H,4,12H2/t8-/m0/s1. The lowest BCUT2D eigenvalue weighted by Gasteiger charge is -2.09. The molecule has 68 valence electrons. The Balaban J connectivity index is 3.12. The van der Waals surface area contributed by atoms with E-state index in [-0.39, 0.29) is 11.3 Å². The van der Waals surface area contributed by atoms with Crippen LogP contribution in [0.15, 0.2) is 18.2 Å². The molecule has 0 unspecified atom stereocenters. The Morgan fingerprint density at radius 2 is 2.31 bits per heavy atom. The zero-order chi connectivity index (χ0) is 9.84. The molecule has 13 heavy (non-hydrogen) atoms. The smallest absolute Gasteiger partial charge is 0.120 e. The summed E-state index contributed by atoms with van der Waals surface area (Å²) in [5.74, 6) is -0.0795. The molecule has 0 radical (unpaired) electrons. The van der Waals surface area contributed by atoms with Crippen LogP contribution in [-0.2, 0) is 0 Å². The molecule has 1 rings (SSSR count). The summed E-state index contributed by atoms with van der Waals surface area (Å²) in [6.45, 7) is -0.761. The first-order valence-corrected chi connectivity index (χ1v) is 3.73. The Labute approximate surface area is 75.2 Å². The molecule has 3 nitrogen and oxygen atoms in total. The number of aromatic hydroxyl groups is 1. The van der Waals surface area contributed by atoms with E-state index in [0.717, 1.165) is 0 Å². The van der Waals surface area contributed by atoms with Crippen LogP contribution in [0.3, 0.4) is 0 Å².